The first-order valence-corrected chi connectivity index (χ1v) is 12.4. The Bertz CT molecular complexity index is 782. The van der Waals surface area contributed by atoms with Crippen molar-refractivity contribution in [3.05, 3.63) is 23.4 Å². The molecule has 32 heavy (non-hydrogen) atoms. The van der Waals surface area contributed by atoms with E-state index < -0.39 is 0 Å². The average molecular weight is 484 g/mol. The van der Waals surface area contributed by atoms with E-state index in [-0.39, 0.29) is 24.2 Å². The summed E-state index contributed by atoms with van der Waals surface area (Å²) in [6.45, 7) is 3.49. The molecular weight excluding hydrogens is 454 g/mol. The summed E-state index contributed by atoms with van der Waals surface area (Å²) in [5, 5.41) is 1.48. The van der Waals surface area contributed by atoms with E-state index in [0.29, 0.717) is 36.6 Å². The fraction of sp³-hybridized carbons (Fsp3) is 0.682. The number of likely N-dealkylation sites (tertiary alicyclic amines) is 1. The molecule has 0 saturated carbocycles. The van der Waals surface area contributed by atoms with Crippen molar-refractivity contribution in [1.82, 2.24) is 9.88 Å². The molecule has 0 aromatic carbocycles. The Balaban J connectivity index is 1.40. The number of aliphatic imine (C=N–C) groups is 1. The van der Waals surface area contributed by atoms with Gasteiger partial charge in [-0.25, -0.2) is 14.8 Å². The number of piperidine rings is 1. The number of amides is 1. The lowest BCUT2D eigenvalue weighted by atomic mass is 9.90. The molecule has 0 bridgehead atoms. The Morgan fingerprint density at radius 2 is 2.00 bits per heavy atom. The highest BCUT2D eigenvalue weighted by molar-refractivity contribution is 7.99. The van der Waals surface area contributed by atoms with E-state index in [1.165, 1.54) is 0 Å². The molecule has 2 saturated heterocycles. The standard InChI is InChI=1S/C22H30ClN3O5S/c1-28-12-13-30-22(27)26-8-4-15(5-9-26)19-21(32-18-3-2-17(23)14-24-18)31-20(25-19)16-6-10-29-11-7-16/h2-3,14-16,19,21H,4-13H2,1H3. The molecule has 8 nitrogen and oxygen atoms in total. The van der Waals surface area contributed by atoms with Gasteiger partial charge in [0.15, 0.2) is 11.3 Å². The highest BCUT2D eigenvalue weighted by Gasteiger charge is 2.41. The summed E-state index contributed by atoms with van der Waals surface area (Å²) in [5.74, 6) is 1.50. The summed E-state index contributed by atoms with van der Waals surface area (Å²) < 4.78 is 22.1. The number of ether oxygens (including phenoxy) is 4. The van der Waals surface area contributed by atoms with Gasteiger partial charge in [-0.15, -0.1) is 0 Å². The molecule has 2 fully saturated rings. The van der Waals surface area contributed by atoms with Gasteiger partial charge in [0.2, 0.25) is 0 Å². The van der Waals surface area contributed by atoms with Gasteiger partial charge < -0.3 is 23.8 Å². The molecule has 2 unspecified atom stereocenters. The van der Waals surface area contributed by atoms with E-state index in [1.54, 1.807) is 30.0 Å². The molecule has 3 aliphatic heterocycles. The molecule has 0 N–H and O–H groups in total. The van der Waals surface area contributed by atoms with Crippen LogP contribution in [0.5, 0.6) is 0 Å². The van der Waals surface area contributed by atoms with Gasteiger partial charge >= 0.3 is 6.09 Å². The predicted octanol–water partition coefficient (Wildman–Crippen LogP) is 3.87. The molecule has 1 amide bonds. The third-order valence-corrected chi connectivity index (χ3v) is 7.41. The lowest BCUT2D eigenvalue weighted by Crippen LogP contribution is -2.42. The van der Waals surface area contributed by atoms with Crippen LogP contribution in [0.3, 0.4) is 0 Å². The van der Waals surface area contributed by atoms with Crippen LogP contribution in [-0.2, 0) is 18.9 Å². The Hall–Kier alpha value is -1.55. The van der Waals surface area contributed by atoms with Gasteiger partial charge in [0.05, 0.1) is 16.7 Å². The van der Waals surface area contributed by atoms with Crippen LogP contribution in [0.1, 0.15) is 25.7 Å². The van der Waals surface area contributed by atoms with E-state index in [0.717, 1.165) is 49.8 Å². The van der Waals surface area contributed by atoms with Crippen LogP contribution in [0.2, 0.25) is 5.02 Å². The SMILES string of the molecule is COCCOC(=O)N1CCC(C2N=C(C3CCOCC3)OC2Sc2ccc(Cl)cn2)CC1. The Labute approximate surface area is 198 Å². The van der Waals surface area contributed by atoms with Crippen molar-refractivity contribution in [2.45, 2.75) is 42.2 Å². The van der Waals surface area contributed by atoms with Crippen LogP contribution in [0.15, 0.2) is 28.3 Å². The van der Waals surface area contributed by atoms with Gasteiger partial charge in [-0.05, 0) is 43.7 Å². The van der Waals surface area contributed by atoms with Crippen LogP contribution in [0, 0.1) is 11.8 Å². The van der Waals surface area contributed by atoms with Gasteiger partial charge in [0, 0.05) is 45.5 Å². The number of carbonyl (C=O) groups is 1. The predicted molar refractivity (Wildman–Crippen MR) is 122 cm³/mol. The maximum Gasteiger partial charge on any atom is 0.409 e. The summed E-state index contributed by atoms with van der Waals surface area (Å²) in [6.07, 6.45) is 4.99. The van der Waals surface area contributed by atoms with Gasteiger partial charge in [0.1, 0.15) is 12.6 Å². The van der Waals surface area contributed by atoms with Crippen LogP contribution >= 0.6 is 23.4 Å². The van der Waals surface area contributed by atoms with Gasteiger partial charge in [-0.1, -0.05) is 23.4 Å². The highest BCUT2D eigenvalue weighted by Crippen LogP contribution is 2.39. The number of nitrogens with zero attached hydrogens (tertiary/aromatic N) is 3. The number of halogens is 1. The number of thioether (sulfide) groups is 1. The average Bonchev–Trinajstić information content (AvgIpc) is 3.25. The maximum absolute atomic E-state index is 12.3. The molecular formula is C22H30ClN3O5S. The first-order valence-electron chi connectivity index (χ1n) is 11.1. The van der Waals surface area contributed by atoms with Crippen LogP contribution in [0.4, 0.5) is 4.79 Å². The van der Waals surface area contributed by atoms with E-state index in [4.69, 9.17) is 35.5 Å². The lowest BCUT2D eigenvalue weighted by molar-refractivity contribution is 0.0598. The molecule has 176 valence electrons. The highest BCUT2D eigenvalue weighted by atomic mass is 35.5. The quantitative estimate of drug-likeness (QED) is 0.544. The number of hydrogen-bond acceptors (Lipinski definition) is 8. The molecule has 4 rings (SSSR count). The molecule has 1 aromatic heterocycles. The molecule has 0 aliphatic carbocycles. The van der Waals surface area contributed by atoms with Crippen LogP contribution in [-0.4, -0.2) is 80.0 Å². The fourth-order valence-corrected chi connectivity index (χ4v) is 5.45. The van der Waals surface area contributed by atoms with E-state index in [9.17, 15) is 4.79 Å². The molecule has 3 aliphatic rings. The smallest absolute Gasteiger partial charge is 0.409 e. The van der Waals surface area contributed by atoms with Crippen molar-refractivity contribution in [3.63, 3.8) is 0 Å². The minimum atomic E-state index is -0.272. The first kappa shape index (κ1) is 23.6. The summed E-state index contributed by atoms with van der Waals surface area (Å²) in [5.41, 5.74) is -0.133. The molecule has 10 heteroatoms. The minimum Gasteiger partial charge on any atom is -0.464 e. The van der Waals surface area contributed by atoms with Gasteiger partial charge in [-0.2, -0.15) is 0 Å². The number of aromatic nitrogens is 1. The normalized spacial score (nSPS) is 24.8. The second-order valence-corrected chi connectivity index (χ2v) is 9.75. The number of hydrogen-bond donors (Lipinski definition) is 0. The zero-order valence-corrected chi connectivity index (χ0v) is 19.9. The fourth-order valence-electron chi connectivity index (χ4n) is 4.27. The molecule has 2 atom stereocenters. The molecule has 0 radical (unpaired) electrons. The largest absolute Gasteiger partial charge is 0.464 e. The molecule has 1 aromatic rings. The number of methoxy groups -OCH3 is 1. The monoisotopic (exact) mass is 483 g/mol. The van der Waals surface area contributed by atoms with Crippen molar-refractivity contribution in [1.29, 1.82) is 0 Å². The van der Waals surface area contributed by atoms with Crippen molar-refractivity contribution in [2.24, 2.45) is 16.8 Å². The topological polar surface area (TPSA) is 82.5 Å². The lowest BCUT2D eigenvalue weighted by Gasteiger charge is -2.34. The third-order valence-electron chi connectivity index (χ3n) is 6.09. The number of rotatable bonds is 7. The van der Waals surface area contributed by atoms with Crippen molar-refractivity contribution >= 4 is 35.4 Å². The van der Waals surface area contributed by atoms with Crippen LogP contribution in [0.25, 0.3) is 0 Å². The second kappa shape index (κ2) is 11.5. The minimum absolute atomic E-state index is 0.0296. The molecule has 4 heterocycles. The third kappa shape index (κ3) is 6.07. The zero-order chi connectivity index (χ0) is 22.3. The van der Waals surface area contributed by atoms with E-state index in [1.807, 2.05) is 12.1 Å². The summed E-state index contributed by atoms with van der Waals surface area (Å²) >= 11 is 7.59. The Morgan fingerprint density at radius 3 is 2.69 bits per heavy atom. The van der Waals surface area contributed by atoms with Gasteiger partial charge in [-0.3, -0.25) is 0 Å². The Morgan fingerprint density at radius 1 is 1.22 bits per heavy atom. The van der Waals surface area contributed by atoms with Gasteiger partial charge in [0.25, 0.3) is 0 Å². The van der Waals surface area contributed by atoms with E-state index >= 15 is 0 Å². The maximum atomic E-state index is 12.3. The van der Waals surface area contributed by atoms with Crippen molar-refractivity contribution < 1.29 is 23.7 Å². The zero-order valence-electron chi connectivity index (χ0n) is 18.3. The van der Waals surface area contributed by atoms with E-state index in [2.05, 4.69) is 4.98 Å². The van der Waals surface area contributed by atoms with Crippen molar-refractivity contribution in [3.8, 4) is 0 Å². The summed E-state index contributed by atoms with van der Waals surface area (Å²) in [7, 11) is 1.59. The Kier molecular flexibility index (Phi) is 8.51. The number of carbonyl (C=O) groups excluding carboxylic acids is 1. The molecule has 0 spiro atoms. The number of pyridine rings is 1. The first-order chi connectivity index (χ1) is 15.6. The summed E-state index contributed by atoms with van der Waals surface area (Å²) in [6, 6.07) is 3.79. The van der Waals surface area contributed by atoms with Crippen LogP contribution < -0.4 is 0 Å². The summed E-state index contributed by atoms with van der Waals surface area (Å²) in [4.78, 5) is 23.5. The second-order valence-electron chi connectivity index (χ2n) is 8.19. The van der Waals surface area contributed by atoms with Crippen molar-refractivity contribution in [2.75, 3.05) is 46.6 Å².